The Kier molecular flexibility index (Phi) is 5.85. The van der Waals surface area contributed by atoms with E-state index < -0.39 is 16.1 Å². The number of fused-ring (bicyclic) bond motifs is 1. The van der Waals surface area contributed by atoms with Crippen LogP contribution in [-0.2, 0) is 18.4 Å². The number of halogens is 1. The Morgan fingerprint density at radius 3 is 2.41 bits per heavy atom. The van der Waals surface area contributed by atoms with Crippen LogP contribution in [0.3, 0.4) is 0 Å². The highest BCUT2D eigenvalue weighted by molar-refractivity contribution is 7.90. The maximum atomic E-state index is 13.3. The Morgan fingerprint density at radius 1 is 1.21 bits per heavy atom. The van der Waals surface area contributed by atoms with Gasteiger partial charge >= 0.3 is 0 Å². The van der Waals surface area contributed by atoms with E-state index in [1.165, 1.54) is 16.7 Å². The molecule has 5 nitrogen and oxygen atoms in total. The van der Waals surface area contributed by atoms with Gasteiger partial charge in [-0.2, -0.15) is 0 Å². The first-order valence-electron chi connectivity index (χ1n) is 9.44. The SMILES string of the molecule is Cc1cc(C(C)N[S+]([O-])C(C)(C)C)c2nc(-c3ccc(F)cc3)n(C)c(=O)c2c1. The molecular weight excluding hydrogens is 389 g/mol. The first-order valence-corrected chi connectivity index (χ1v) is 10.6. The summed E-state index contributed by atoms with van der Waals surface area (Å²) in [5.74, 6) is 0.107. The topological polar surface area (TPSA) is 70.0 Å². The Labute approximate surface area is 173 Å². The second-order valence-electron chi connectivity index (χ2n) is 8.28. The predicted octanol–water partition coefficient (Wildman–Crippen LogP) is 4.16. The van der Waals surface area contributed by atoms with E-state index in [9.17, 15) is 13.7 Å². The Hall–Kier alpha value is -2.22. The lowest BCUT2D eigenvalue weighted by atomic mass is 10.0. The van der Waals surface area contributed by atoms with Crippen molar-refractivity contribution in [1.82, 2.24) is 14.3 Å². The van der Waals surface area contributed by atoms with Gasteiger partial charge in [0.1, 0.15) is 16.4 Å². The summed E-state index contributed by atoms with van der Waals surface area (Å²) in [4.78, 5) is 17.8. The van der Waals surface area contributed by atoms with Crippen molar-refractivity contribution in [3.05, 3.63) is 63.7 Å². The Balaban J connectivity index is 2.20. The zero-order valence-corrected chi connectivity index (χ0v) is 18.4. The normalized spacial score (nSPS) is 14.2. The minimum Gasteiger partial charge on any atom is -0.598 e. The molecule has 154 valence electrons. The van der Waals surface area contributed by atoms with Crippen LogP contribution in [-0.4, -0.2) is 18.9 Å². The molecule has 2 unspecified atom stereocenters. The monoisotopic (exact) mass is 415 g/mol. The summed E-state index contributed by atoms with van der Waals surface area (Å²) in [7, 11) is 1.66. The van der Waals surface area contributed by atoms with Crippen LogP contribution in [0.4, 0.5) is 4.39 Å². The number of nitrogens with zero attached hydrogens (tertiary/aromatic N) is 2. The summed E-state index contributed by atoms with van der Waals surface area (Å²) in [6.45, 7) is 9.53. The number of nitrogens with one attached hydrogen (secondary N) is 1. The van der Waals surface area contributed by atoms with E-state index in [0.29, 0.717) is 22.3 Å². The molecule has 0 aliphatic heterocycles. The molecule has 0 radical (unpaired) electrons. The molecule has 0 amide bonds. The van der Waals surface area contributed by atoms with Gasteiger partial charge in [0.05, 0.1) is 16.9 Å². The van der Waals surface area contributed by atoms with Crippen molar-refractivity contribution in [3.8, 4) is 11.4 Å². The van der Waals surface area contributed by atoms with Crippen LogP contribution < -0.4 is 10.3 Å². The Bertz CT molecular complexity index is 1100. The number of hydrogen-bond donors (Lipinski definition) is 1. The summed E-state index contributed by atoms with van der Waals surface area (Å²) in [5, 5.41) is 0.503. The minimum absolute atomic E-state index is 0.177. The summed E-state index contributed by atoms with van der Waals surface area (Å²) >= 11 is -1.27. The molecule has 0 spiro atoms. The van der Waals surface area contributed by atoms with Crippen molar-refractivity contribution in [1.29, 1.82) is 0 Å². The third kappa shape index (κ3) is 4.37. The first kappa shape index (κ1) is 21.5. The van der Waals surface area contributed by atoms with Gasteiger partial charge in [0.2, 0.25) is 0 Å². The molecule has 0 fully saturated rings. The molecule has 0 aliphatic carbocycles. The first-order chi connectivity index (χ1) is 13.5. The fourth-order valence-corrected chi connectivity index (χ4v) is 3.94. The molecular formula is C22H26FN3O2S. The van der Waals surface area contributed by atoms with Crippen LogP contribution in [0.2, 0.25) is 0 Å². The van der Waals surface area contributed by atoms with E-state index in [1.807, 2.05) is 46.8 Å². The predicted molar refractivity (Wildman–Crippen MR) is 117 cm³/mol. The highest BCUT2D eigenvalue weighted by Gasteiger charge is 2.29. The lowest BCUT2D eigenvalue weighted by Crippen LogP contribution is -2.40. The maximum Gasteiger partial charge on any atom is 0.261 e. The molecule has 3 aromatic rings. The van der Waals surface area contributed by atoms with E-state index in [-0.39, 0.29) is 17.4 Å². The molecule has 0 aliphatic rings. The van der Waals surface area contributed by atoms with E-state index >= 15 is 0 Å². The maximum absolute atomic E-state index is 13.3. The molecule has 2 aromatic carbocycles. The van der Waals surface area contributed by atoms with Gasteiger partial charge in [0, 0.05) is 29.5 Å². The molecule has 3 rings (SSSR count). The number of hydrogen-bond acceptors (Lipinski definition) is 4. The number of benzene rings is 2. The smallest absolute Gasteiger partial charge is 0.261 e. The van der Waals surface area contributed by atoms with Crippen LogP contribution in [0.1, 0.15) is 44.9 Å². The average molecular weight is 416 g/mol. The van der Waals surface area contributed by atoms with Crippen molar-refractivity contribution in [2.75, 3.05) is 0 Å². The summed E-state index contributed by atoms with van der Waals surface area (Å²) in [6.07, 6.45) is 0. The minimum atomic E-state index is -1.27. The summed E-state index contributed by atoms with van der Waals surface area (Å²) in [5.41, 5.74) is 2.76. The van der Waals surface area contributed by atoms with Crippen molar-refractivity contribution in [2.45, 2.75) is 45.4 Å². The van der Waals surface area contributed by atoms with Gasteiger partial charge in [0.25, 0.3) is 5.56 Å². The van der Waals surface area contributed by atoms with Crippen molar-refractivity contribution in [3.63, 3.8) is 0 Å². The van der Waals surface area contributed by atoms with E-state index in [4.69, 9.17) is 4.98 Å². The van der Waals surface area contributed by atoms with Crippen molar-refractivity contribution < 1.29 is 8.94 Å². The quantitative estimate of drug-likeness (QED) is 0.650. The van der Waals surface area contributed by atoms with Crippen LogP contribution in [0.25, 0.3) is 22.3 Å². The van der Waals surface area contributed by atoms with Crippen LogP contribution in [0, 0.1) is 12.7 Å². The van der Waals surface area contributed by atoms with Gasteiger partial charge in [-0.1, -0.05) is 6.07 Å². The van der Waals surface area contributed by atoms with Gasteiger partial charge in [0.15, 0.2) is 0 Å². The second kappa shape index (κ2) is 7.89. The third-order valence-electron chi connectivity index (χ3n) is 4.76. The summed E-state index contributed by atoms with van der Waals surface area (Å²) < 4.78 is 30.1. The van der Waals surface area contributed by atoms with Gasteiger partial charge in [-0.15, -0.1) is 4.72 Å². The van der Waals surface area contributed by atoms with E-state index in [1.54, 1.807) is 19.2 Å². The zero-order chi connectivity index (χ0) is 21.5. The molecule has 29 heavy (non-hydrogen) atoms. The lowest BCUT2D eigenvalue weighted by Gasteiger charge is -2.27. The second-order valence-corrected chi connectivity index (χ2v) is 10.3. The van der Waals surface area contributed by atoms with Crippen molar-refractivity contribution >= 4 is 22.3 Å². The number of aromatic nitrogens is 2. The third-order valence-corrected chi connectivity index (χ3v) is 6.44. The highest BCUT2D eigenvalue weighted by atomic mass is 32.2. The molecule has 1 N–H and O–H groups in total. The fourth-order valence-electron chi connectivity index (χ4n) is 3.14. The standard InChI is InChI=1S/C22H26FN3O2S/c1-13-11-17(14(2)25-29(28)22(3,4)5)19-18(12-13)21(27)26(6)20(24-19)15-7-9-16(23)10-8-15/h7-12,14,25H,1-6H3. The summed E-state index contributed by atoms with van der Waals surface area (Å²) in [6, 6.07) is 9.39. The average Bonchev–Trinajstić information content (AvgIpc) is 2.64. The van der Waals surface area contributed by atoms with Crippen LogP contribution >= 0.6 is 0 Å². The molecule has 0 saturated heterocycles. The molecule has 7 heteroatoms. The highest BCUT2D eigenvalue weighted by Crippen LogP contribution is 2.27. The van der Waals surface area contributed by atoms with Gasteiger partial charge in [-0.3, -0.25) is 9.36 Å². The molecule has 0 bridgehead atoms. The largest absolute Gasteiger partial charge is 0.598 e. The zero-order valence-electron chi connectivity index (χ0n) is 17.5. The van der Waals surface area contributed by atoms with E-state index in [0.717, 1.165) is 11.1 Å². The lowest BCUT2D eigenvalue weighted by molar-refractivity contribution is 0.531. The molecule has 1 aromatic heterocycles. The van der Waals surface area contributed by atoms with Gasteiger partial charge in [-0.05, 0) is 70.5 Å². The van der Waals surface area contributed by atoms with E-state index in [2.05, 4.69) is 4.72 Å². The number of aryl methyl sites for hydroxylation is 1. The number of rotatable bonds is 4. The molecule has 2 atom stereocenters. The van der Waals surface area contributed by atoms with Gasteiger partial charge < -0.3 is 4.55 Å². The van der Waals surface area contributed by atoms with Crippen molar-refractivity contribution in [2.24, 2.45) is 7.05 Å². The molecule has 1 heterocycles. The van der Waals surface area contributed by atoms with Crippen LogP contribution in [0.15, 0.2) is 41.2 Å². The van der Waals surface area contributed by atoms with Crippen LogP contribution in [0.5, 0.6) is 0 Å². The fraction of sp³-hybridized carbons (Fsp3) is 0.364. The molecule has 0 saturated carbocycles. The Morgan fingerprint density at radius 2 is 1.83 bits per heavy atom. The van der Waals surface area contributed by atoms with Gasteiger partial charge in [-0.25, -0.2) is 9.37 Å².